The van der Waals surface area contributed by atoms with E-state index in [4.69, 9.17) is 18.7 Å². The van der Waals surface area contributed by atoms with Crippen molar-refractivity contribution in [2.75, 3.05) is 31.2 Å². The first kappa shape index (κ1) is 35.6. The maximum Gasteiger partial charge on any atom is 0.413 e. The Labute approximate surface area is 241 Å². The molecule has 0 fully saturated rings. The van der Waals surface area contributed by atoms with Gasteiger partial charge in [0.2, 0.25) is 0 Å². The van der Waals surface area contributed by atoms with Gasteiger partial charge in [-0.3, -0.25) is 4.79 Å². The van der Waals surface area contributed by atoms with Crippen molar-refractivity contribution >= 4 is 40.4 Å². The van der Waals surface area contributed by atoms with E-state index in [0.717, 1.165) is 5.69 Å². The van der Waals surface area contributed by atoms with Crippen LogP contribution in [0.25, 0.3) is 0 Å². The molecule has 3 N–H and O–H groups in total. The Hall–Kier alpha value is -2.42. The lowest BCUT2D eigenvalue weighted by atomic mass is 10.1. The second-order valence-electron chi connectivity index (χ2n) is 13.1. The number of nitrogens with one attached hydrogen (secondary N) is 1. The Balaban J connectivity index is 2.94. The van der Waals surface area contributed by atoms with Gasteiger partial charge in [0, 0.05) is 25.2 Å². The highest BCUT2D eigenvalue weighted by Gasteiger charge is 2.38. The van der Waals surface area contributed by atoms with E-state index in [9.17, 15) is 19.5 Å². The molecule has 0 spiro atoms. The van der Waals surface area contributed by atoms with Crippen LogP contribution in [0.2, 0.25) is 36.3 Å². The molecule has 0 aromatic heterocycles. The molecule has 1 rings (SSSR count). The minimum absolute atomic E-state index is 0.107. The van der Waals surface area contributed by atoms with Gasteiger partial charge in [-0.2, -0.15) is 0 Å². The van der Waals surface area contributed by atoms with Crippen molar-refractivity contribution in [1.82, 2.24) is 5.32 Å². The summed E-state index contributed by atoms with van der Waals surface area (Å²) in [5.41, 5.74) is 0.912. The van der Waals surface area contributed by atoms with Crippen molar-refractivity contribution in [1.29, 1.82) is 0 Å². The van der Waals surface area contributed by atoms with Crippen molar-refractivity contribution < 1.29 is 38.2 Å². The maximum atomic E-state index is 12.2. The zero-order valence-corrected chi connectivity index (χ0v) is 27.9. The molecule has 0 saturated carbocycles. The van der Waals surface area contributed by atoms with Crippen LogP contribution in [-0.2, 0) is 18.4 Å². The second-order valence-corrected chi connectivity index (χ2v) is 22.7. The monoisotopic (exact) mass is 598 g/mol. The molecule has 1 amide bonds. The number of hydrogen-bond donors (Lipinski definition) is 3. The van der Waals surface area contributed by atoms with E-state index in [2.05, 4.69) is 77.9 Å². The third-order valence-electron chi connectivity index (χ3n) is 7.91. The van der Waals surface area contributed by atoms with E-state index in [-0.39, 0.29) is 28.7 Å². The summed E-state index contributed by atoms with van der Waals surface area (Å²) in [6.45, 7) is 24.7. The van der Waals surface area contributed by atoms with Crippen LogP contribution in [0.1, 0.15) is 54.4 Å². The summed E-state index contributed by atoms with van der Waals surface area (Å²) >= 11 is 0. The lowest BCUT2D eigenvalue weighted by Gasteiger charge is -2.38. The average molecular weight is 599 g/mol. The van der Waals surface area contributed by atoms with Crippen LogP contribution in [-0.4, -0.2) is 77.2 Å². The van der Waals surface area contributed by atoms with Crippen molar-refractivity contribution in [3.63, 3.8) is 0 Å². The van der Waals surface area contributed by atoms with E-state index >= 15 is 0 Å². The van der Waals surface area contributed by atoms with Gasteiger partial charge in [-0.1, -0.05) is 41.5 Å². The number of hydrogen-bond acceptors (Lipinski definition) is 7. The zero-order valence-electron chi connectivity index (χ0n) is 25.9. The first-order chi connectivity index (χ1) is 18.2. The summed E-state index contributed by atoms with van der Waals surface area (Å²) in [4.78, 5) is 36.5. The quantitative estimate of drug-likeness (QED) is 0.210. The fraction of sp³-hybridized carbons (Fsp3) is 0.679. The summed E-state index contributed by atoms with van der Waals surface area (Å²) < 4.78 is 18.1. The maximum absolute atomic E-state index is 12.2. The normalized spacial score (nSPS) is 13.4. The number of carbonyl (C=O) groups is 3. The molecule has 0 aliphatic heterocycles. The fourth-order valence-corrected chi connectivity index (χ4v) is 5.22. The molecule has 0 bridgehead atoms. The van der Waals surface area contributed by atoms with Crippen LogP contribution in [0.15, 0.2) is 24.3 Å². The number of nitrogens with zero attached hydrogens (tertiary/aromatic N) is 1. The lowest BCUT2D eigenvalue weighted by Crippen LogP contribution is -2.44. The summed E-state index contributed by atoms with van der Waals surface area (Å²) in [5, 5.41) is 20.5. The first-order valence-corrected chi connectivity index (χ1v) is 19.5. The van der Waals surface area contributed by atoms with Gasteiger partial charge in [-0.05, 0) is 67.0 Å². The molecule has 0 aliphatic carbocycles. The SMILES string of the molecule is CC(C)(C)[Si](C)(C)OCCN(CCO[Si](C)(C)C(C)(C)C)c1ccc(OC(=O)N[C@@H](CCC(=O)O)C(=O)O)cc1. The van der Waals surface area contributed by atoms with Crippen molar-refractivity contribution in [3.8, 4) is 5.75 Å². The number of aliphatic carboxylic acids is 2. The van der Waals surface area contributed by atoms with Crippen LogP contribution in [0.3, 0.4) is 0 Å². The molecule has 0 heterocycles. The highest BCUT2D eigenvalue weighted by Crippen LogP contribution is 2.37. The van der Waals surface area contributed by atoms with E-state index in [0.29, 0.717) is 26.3 Å². The predicted octanol–water partition coefficient (Wildman–Crippen LogP) is 5.94. The highest BCUT2D eigenvalue weighted by atomic mass is 28.4. The Morgan fingerprint density at radius 1 is 0.850 bits per heavy atom. The number of carboxylic acids is 2. The number of anilines is 1. The van der Waals surface area contributed by atoms with Gasteiger partial charge in [-0.25, -0.2) is 9.59 Å². The summed E-state index contributed by atoms with van der Waals surface area (Å²) in [6, 6.07) is 5.58. The molecular formula is C28H50N2O8Si2. The molecule has 10 nitrogen and oxygen atoms in total. The van der Waals surface area contributed by atoms with Crippen molar-refractivity contribution in [2.24, 2.45) is 0 Å². The van der Waals surface area contributed by atoms with Crippen LogP contribution in [0, 0.1) is 0 Å². The van der Waals surface area contributed by atoms with Gasteiger partial charge in [-0.15, -0.1) is 0 Å². The number of carbonyl (C=O) groups excluding carboxylic acids is 1. The van der Waals surface area contributed by atoms with Crippen molar-refractivity contribution in [3.05, 3.63) is 24.3 Å². The zero-order chi connectivity index (χ0) is 30.9. The molecule has 0 saturated heterocycles. The molecule has 0 aliphatic rings. The average Bonchev–Trinajstić information content (AvgIpc) is 2.79. The van der Waals surface area contributed by atoms with E-state index in [1.807, 2.05) is 12.1 Å². The van der Waals surface area contributed by atoms with Gasteiger partial charge in [0.1, 0.15) is 11.8 Å². The number of ether oxygens (including phenoxy) is 1. The molecular weight excluding hydrogens is 548 g/mol. The topological polar surface area (TPSA) is 135 Å². The van der Waals surface area contributed by atoms with Gasteiger partial charge >= 0.3 is 18.0 Å². The smallest absolute Gasteiger partial charge is 0.413 e. The molecule has 1 aromatic rings. The number of rotatable bonds is 15. The van der Waals surface area contributed by atoms with Gasteiger partial charge in [0.25, 0.3) is 0 Å². The lowest BCUT2D eigenvalue weighted by molar-refractivity contribution is -0.140. The Morgan fingerprint density at radius 3 is 1.68 bits per heavy atom. The standard InChI is InChI=1S/C28H50N2O8Si2/c1-27(2,3)39(7,8)36-19-17-30(18-20-37-40(9,10)28(4,5)6)21-11-13-22(14-12-21)38-26(35)29-23(25(33)34)15-16-24(31)32/h11-14,23H,15-20H2,1-10H3,(H,29,35)(H,31,32)(H,33,34)/t23-/m0/s1. The predicted molar refractivity (Wildman–Crippen MR) is 162 cm³/mol. The fourth-order valence-electron chi connectivity index (χ4n) is 3.15. The minimum Gasteiger partial charge on any atom is -0.481 e. The molecule has 0 radical (unpaired) electrons. The Morgan fingerprint density at radius 2 is 1.30 bits per heavy atom. The van der Waals surface area contributed by atoms with Crippen LogP contribution in [0.5, 0.6) is 5.75 Å². The summed E-state index contributed by atoms with van der Waals surface area (Å²) in [7, 11) is -3.82. The van der Waals surface area contributed by atoms with E-state index in [1.165, 1.54) is 0 Å². The van der Waals surface area contributed by atoms with Gasteiger partial charge in [0.05, 0.1) is 13.2 Å². The Kier molecular flexibility index (Phi) is 12.9. The van der Waals surface area contributed by atoms with Crippen molar-refractivity contribution in [2.45, 2.75) is 96.7 Å². The number of amides is 1. The van der Waals surface area contributed by atoms with Crippen LogP contribution < -0.4 is 15.0 Å². The van der Waals surface area contributed by atoms with Gasteiger partial charge in [0.15, 0.2) is 16.6 Å². The highest BCUT2D eigenvalue weighted by molar-refractivity contribution is 6.74. The van der Waals surface area contributed by atoms with E-state index < -0.39 is 40.7 Å². The third kappa shape index (κ3) is 11.6. The van der Waals surface area contributed by atoms with E-state index in [1.54, 1.807) is 12.1 Å². The Bertz CT molecular complexity index is 954. The summed E-state index contributed by atoms with van der Waals surface area (Å²) in [5.74, 6) is -2.24. The second kappa shape index (κ2) is 14.5. The number of benzene rings is 1. The molecule has 1 atom stereocenters. The summed E-state index contributed by atoms with van der Waals surface area (Å²) in [6.07, 6.45) is -1.60. The largest absolute Gasteiger partial charge is 0.481 e. The molecule has 228 valence electrons. The molecule has 12 heteroatoms. The molecule has 1 aromatic carbocycles. The molecule has 40 heavy (non-hydrogen) atoms. The van der Waals surface area contributed by atoms with Crippen LogP contribution in [0.4, 0.5) is 10.5 Å². The van der Waals surface area contributed by atoms with Crippen LogP contribution >= 0.6 is 0 Å². The number of carboxylic acid groups (broad SMARTS) is 2. The third-order valence-corrected chi connectivity index (χ3v) is 17.0. The van der Waals surface area contributed by atoms with Gasteiger partial charge < -0.3 is 34.0 Å². The molecule has 0 unspecified atom stereocenters. The first-order valence-electron chi connectivity index (χ1n) is 13.7. The minimum atomic E-state index is -1.91.